The monoisotopic (exact) mass is 228 g/mol. The van der Waals surface area contributed by atoms with Crippen molar-refractivity contribution in [1.29, 1.82) is 0 Å². The number of hydrogen-bond donors (Lipinski definition) is 0. The molecule has 16 heavy (non-hydrogen) atoms. The maximum atomic E-state index is 11.7. The van der Waals surface area contributed by atoms with E-state index in [1.54, 1.807) is 0 Å². The predicted molar refractivity (Wildman–Crippen MR) is 66.2 cm³/mol. The van der Waals surface area contributed by atoms with Crippen molar-refractivity contribution < 1.29 is 5.11 Å². The fourth-order valence-electron chi connectivity index (χ4n) is 2.22. The third-order valence-electron chi connectivity index (χ3n) is 3.17. The van der Waals surface area contributed by atoms with Crippen molar-refractivity contribution in [2.24, 2.45) is 0 Å². The third kappa shape index (κ3) is 4.78. The first-order chi connectivity index (χ1) is 7.49. The van der Waals surface area contributed by atoms with Crippen LogP contribution in [0.25, 0.3) is 0 Å². The van der Waals surface area contributed by atoms with Gasteiger partial charge in [-0.05, 0) is 27.9 Å². The lowest BCUT2D eigenvalue weighted by Crippen LogP contribution is -2.51. The van der Waals surface area contributed by atoms with E-state index in [-0.39, 0.29) is 0 Å². The Hall–Kier alpha value is -0.160. The average molecular weight is 228 g/mol. The van der Waals surface area contributed by atoms with Crippen LogP contribution in [-0.2, 0) is 5.11 Å². The lowest BCUT2D eigenvalue weighted by Gasteiger charge is -2.37. The molecule has 4 nitrogen and oxygen atoms in total. The van der Waals surface area contributed by atoms with E-state index >= 15 is 0 Å². The van der Waals surface area contributed by atoms with E-state index in [1.165, 1.54) is 0 Å². The van der Waals surface area contributed by atoms with Gasteiger partial charge in [0.15, 0.2) is 0 Å². The standard InChI is InChI=1S/C12H26N3O/c1-11(2)15-7-5-14(6-8-15)10-12(16)9-13(3)4/h11-12H,5-10H2,1-4H3. The molecule has 0 saturated carbocycles. The summed E-state index contributed by atoms with van der Waals surface area (Å²) < 4.78 is 0. The molecule has 0 bridgehead atoms. The first-order valence-corrected chi connectivity index (χ1v) is 6.26. The highest BCUT2D eigenvalue weighted by Gasteiger charge is 2.21. The quantitative estimate of drug-likeness (QED) is 0.681. The fourth-order valence-corrected chi connectivity index (χ4v) is 2.22. The van der Waals surface area contributed by atoms with Crippen molar-refractivity contribution in [3.8, 4) is 0 Å². The number of piperazine rings is 1. The van der Waals surface area contributed by atoms with Crippen LogP contribution in [-0.4, -0.2) is 80.2 Å². The molecule has 0 aromatic heterocycles. The number of rotatable bonds is 5. The average Bonchev–Trinajstić information content (AvgIpc) is 2.16. The molecule has 1 aliphatic heterocycles. The Kier molecular flexibility index (Phi) is 5.69. The first-order valence-electron chi connectivity index (χ1n) is 6.26. The number of likely N-dealkylation sites (N-methyl/N-ethyl adjacent to an activating group) is 1. The highest BCUT2D eigenvalue weighted by molar-refractivity contribution is 4.76. The summed E-state index contributed by atoms with van der Waals surface area (Å²) >= 11 is 0. The topological polar surface area (TPSA) is 29.6 Å². The van der Waals surface area contributed by atoms with E-state index in [0.717, 1.165) is 26.2 Å². The summed E-state index contributed by atoms with van der Waals surface area (Å²) in [5.41, 5.74) is 0. The summed E-state index contributed by atoms with van der Waals surface area (Å²) in [7, 11) is 3.92. The molecule has 0 aromatic carbocycles. The molecule has 1 unspecified atom stereocenters. The van der Waals surface area contributed by atoms with Crippen LogP contribution in [0.15, 0.2) is 0 Å². The Bertz CT molecular complexity index is 189. The Morgan fingerprint density at radius 3 is 2.12 bits per heavy atom. The van der Waals surface area contributed by atoms with Gasteiger partial charge in [0, 0.05) is 45.3 Å². The van der Waals surface area contributed by atoms with E-state index in [0.29, 0.717) is 19.1 Å². The van der Waals surface area contributed by atoms with Crippen molar-refractivity contribution in [3.63, 3.8) is 0 Å². The van der Waals surface area contributed by atoms with Gasteiger partial charge in [-0.25, -0.2) is 5.11 Å². The minimum Gasteiger partial charge on any atom is -0.307 e. The van der Waals surface area contributed by atoms with E-state index in [4.69, 9.17) is 0 Å². The van der Waals surface area contributed by atoms with Crippen LogP contribution in [0.3, 0.4) is 0 Å². The molecular formula is C12H26N3O. The zero-order valence-electron chi connectivity index (χ0n) is 11.1. The van der Waals surface area contributed by atoms with Crippen molar-refractivity contribution >= 4 is 0 Å². The second-order valence-electron chi connectivity index (χ2n) is 5.31. The largest absolute Gasteiger partial charge is 0.307 e. The maximum Gasteiger partial charge on any atom is 0.118 e. The van der Waals surface area contributed by atoms with Crippen LogP contribution in [0.1, 0.15) is 13.8 Å². The van der Waals surface area contributed by atoms with Gasteiger partial charge < -0.3 is 4.90 Å². The van der Waals surface area contributed by atoms with Gasteiger partial charge in [-0.3, -0.25) is 9.80 Å². The summed E-state index contributed by atoms with van der Waals surface area (Å²) in [4.78, 5) is 6.75. The van der Waals surface area contributed by atoms with Gasteiger partial charge in [-0.15, -0.1) is 0 Å². The Balaban J connectivity index is 2.21. The maximum absolute atomic E-state index is 11.7. The fraction of sp³-hybridized carbons (Fsp3) is 1.00. The molecule has 0 aromatic rings. The second-order valence-corrected chi connectivity index (χ2v) is 5.31. The summed E-state index contributed by atoms with van der Waals surface area (Å²) in [6.45, 7) is 10.1. The van der Waals surface area contributed by atoms with Gasteiger partial charge >= 0.3 is 0 Å². The molecule has 1 atom stereocenters. The third-order valence-corrected chi connectivity index (χ3v) is 3.17. The van der Waals surface area contributed by atoms with E-state index in [9.17, 15) is 5.11 Å². The summed E-state index contributed by atoms with van der Waals surface area (Å²) in [6.07, 6.45) is -0.472. The van der Waals surface area contributed by atoms with Crippen molar-refractivity contribution in [2.75, 3.05) is 53.4 Å². The summed E-state index contributed by atoms with van der Waals surface area (Å²) in [6, 6.07) is 0.631. The van der Waals surface area contributed by atoms with Gasteiger partial charge in [0.2, 0.25) is 0 Å². The van der Waals surface area contributed by atoms with Crippen LogP contribution >= 0.6 is 0 Å². The normalized spacial score (nSPS) is 21.9. The lowest BCUT2D eigenvalue weighted by atomic mass is 10.2. The molecule has 1 radical (unpaired) electrons. The Morgan fingerprint density at radius 1 is 1.12 bits per heavy atom. The smallest absolute Gasteiger partial charge is 0.118 e. The molecule has 1 fully saturated rings. The molecule has 4 heteroatoms. The van der Waals surface area contributed by atoms with Crippen molar-refractivity contribution in [3.05, 3.63) is 0 Å². The van der Waals surface area contributed by atoms with Crippen LogP contribution < -0.4 is 0 Å². The molecule has 1 heterocycles. The van der Waals surface area contributed by atoms with Crippen LogP contribution in [0.4, 0.5) is 0 Å². The molecule has 1 rings (SSSR count). The van der Waals surface area contributed by atoms with Gasteiger partial charge in [-0.1, -0.05) is 0 Å². The molecule has 95 valence electrons. The van der Waals surface area contributed by atoms with Crippen molar-refractivity contribution in [2.45, 2.75) is 26.0 Å². The van der Waals surface area contributed by atoms with Crippen LogP contribution in [0, 0.1) is 0 Å². The van der Waals surface area contributed by atoms with Gasteiger partial charge in [-0.2, -0.15) is 0 Å². The minimum atomic E-state index is -0.472. The number of nitrogens with zero attached hydrogens (tertiary/aromatic N) is 3. The SMILES string of the molecule is CC(C)N1CCN(CC([O])CN(C)C)CC1. The van der Waals surface area contributed by atoms with E-state index < -0.39 is 6.10 Å². The highest BCUT2D eigenvalue weighted by Crippen LogP contribution is 2.06. The van der Waals surface area contributed by atoms with Gasteiger partial charge in [0.25, 0.3) is 0 Å². The summed E-state index contributed by atoms with van der Waals surface area (Å²) in [5, 5.41) is 11.7. The van der Waals surface area contributed by atoms with Gasteiger partial charge in [0.05, 0.1) is 0 Å². The zero-order valence-corrected chi connectivity index (χ0v) is 11.1. The Labute approximate surface area is 99.8 Å². The van der Waals surface area contributed by atoms with E-state index in [1.807, 2.05) is 19.0 Å². The lowest BCUT2D eigenvalue weighted by molar-refractivity contribution is 0.0141. The summed E-state index contributed by atoms with van der Waals surface area (Å²) in [5.74, 6) is 0. The van der Waals surface area contributed by atoms with Crippen LogP contribution in [0.2, 0.25) is 0 Å². The molecule has 1 aliphatic rings. The molecule has 0 spiro atoms. The Morgan fingerprint density at radius 2 is 1.69 bits per heavy atom. The van der Waals surface area contributed by atoms with Gasteiger partial charge in [0.1, 0.15) is 6.10 Å². The predicted octanol–water partition coefficient (Wildman–Crippen LogP) is 0.373. The zero-order chi connectivity index (χ0) is 12.1. The molecular weight excluding hydrogens is 202 g/mol. The molecule has 0 amide bonds. The van der Waals surface area contributed by atoms with Crippen LogP contribution in [0.5, 0.6) is 0 Å². The molecule has 0 N–H and O–H groups in total. The highest BCUT2D eigenvalue weighted by atomic mass is 16.3. The molecule has 0 aliphatic carbocycles. The minimum absolute atomic E-state index is 0.472. The van der Waals surface area contributed by atoms with Crippen molar-refractivity contribution in [1.82, 2.24) is 14.7 Å². The number of hydrogen-bond acceptors (Lipinski definition) is 3. The molecule has 1 saturated heterocycles. The second kappa shape index (κ2) is 6.55. The van der Waals surface area contributed by atoms with E-state index in [2.05, 4.69) is 23.6 Å². The first kappa shape index (κ1) is 13.9.